The third-order valence-corrected chi connectivity index (χ3v) is 5.04. The van der Waals surface area contributed by atoms with Crippen LogP contribution in [0.5, 0.6) is 0 Å². The van der Waals surface area contributed by atoms with Gasteiger partial charge in [-0.05, 0) is 31.8 Å². The summed E-state index contributed by atoms with van der Waals surface area (Å²) in [5.74, 6) is 0.288. The number of ether oxygens (including phenoxy) is 1. The molecule has 0 aromatic heterocycles. The number of hydrogen-bond donors (Lipinski definition) is 1. The molecule has 0 saturated carbocycles. The molecule has 0 aliphatic carbocycles. The van der Waals surface area contributed by atoms with Gasteiger partial charge in [0.15, 0.2) is 0 Å². The van der Waals surface area contributed by atoms with Crippen LogP contribution in [0, 0.1) is 5.92 Å². The van der Waals surface area contributed by atoms with Crippen LogP contribution in [0.2, 0.25) is 0 Å². The van der Waals surface area contributed by atoms with E-state index in [1.807, 2.05) is 13.8 Å². The second-order valence-corrected chi connectivity index (χ2v) is 7.71. The van der Waals surface area contributed by atoms with Gasteiger partial charge in [-0.1, -0.05) is 20.8 Å². The van der Waals surface area contributed by atoms with Crippen molar-refractivity contribution in [3.8, 4) is 0 Å². The molecule has 0 aliphatic rings. The van der Waals surface area contributed by atoms with Crippen molar-refractivity contribution in [3.05, 3.63) is 0 Å². The van der Waals surface area contributed by atoms with Crippen molar-refractivity contribution >= 4 is 10.2 Å². The summed E-state index contributed by atoms with van der Waals surface area (Å²) < 4.78 is 33.1. The van der Waals surface area contributed by atoms with Gasteiger partial charge in [0.1, 0.15) is 0 Å². The molecule has 1 N–H and O–H groups in total. The maximum Gasteiger partial charge on any atom is 0.281 e. The molecule has 0 aromatic rings. The molecule has 0 bridgehead atoms. The second kappa shape index (κ2) is 11.4. The summed E-state index contributed by atoms with van der Waals surface area (Å²) in [6.45, 7) is 9.83. The first-order chi connectivity index (χ1) is 9.86. The molecule has 0 aromatic carbocycles. The average Bonchev–Trinajstić information content (AvgIpc) is 2.42. The van der Waals surface area contributed by atoms with Gasteiger partial charge < -0.3 is 10.1 Å². The van der Waals surface area contributed by atoms with Crippen LogP contribution in [-0.2, 0) is 14.9 Å². The van der Waals surface area contributed by atoms with Gasteiger partial charge in [-0.25, -0.2) is 0 Å². The first-order valence-electron chi connectivity index (χ1n) is 7.77. The number of rotatable bonds is 13. The fourth-order valence-corrected chi connectivity index (χ4v) is 3.49. The summed E-state index contributed by atoms with van der Waals surface area (Å²) in [6, 6.07) is 0. The van der Waals surface area contributed by atoms with E-state index in [1.54, 1.807) is 14.2 Å². The Labute approximate surface area is 131 Å². The van der Waals surface area contributed by atoms with E-state index in [1.165, 1.54) is 8.61 Å². The zero-order valence-corrected chi connectivity index (χ0v) is 15.1. The molecule has 0 spiro atoms. The lowest BCUT2D eigenvalue weighted by Gasteiger charge is -2.28. The minimum absolute atomic E-state index is 0.288. The normalized spacial score (nSPS) is 12.8. The third kappa shape index (κ3) is 8.73. The van der Waals surface area contributed by atoms with Gasteiger partial charge in [0.2, 0.25) is 0 Å². The van der Waals surface area contributed by atoms with E-state index in [0.29, 0.717) is 26.2 Å². The monoisotopic (exact) mass is 323 g/mol. The Balaban J connectivity index is 4.47. The zero-order valence-electron chi connectivity index (χ0n) is 14.3. The maximum atomic E-state index is 12.6. The Bertz CT molecular complexity index is 347. The minimum Gasteiger partial charge on any atom is -0.383 e. The van der Waals surface area contributed by atoms with Crippen LogP contribution in [0.15, 0.2) is 0 Å². The van der Waals surface area contributed by atoms with E-state index >= 15 is 0 Å². The van der Waals surface area contributed by atoms with Crippen molar-refractivity contribution < 1.29 is 13.2 Å². The van der Waals surface area contributed by atoms with E-state index < -0.39 is 10.2 Å². The lowest BCUT2D eigenvalue weighted by Crippen LogP contribution is -2.45. The highest BCUT2D eigenvalue weighted by atomic mass is 32.2. The average molecular weight is 324 g/mol. The molecular weight excluding hydrogens is 290 g/mol. The van der Waals surface area contributed by atoms with E-state index in [-0.39, 0.29) is 5.92 Å². The summed E-state index contributed by atoms with van der Waals surface area (Å²) in [7, 11) is -0.168. The molecule has 0 radical (unpaired) electrons. The van der Waals surface area contributed by atoms with Gasteiger partial charge in [-0.3, -0.25) is 0 Å². The predicted molar refractivity (Wildman–Crippen MR) is 87.6 cm³/mol. The summed E-state index contributed by atoms with van der Waals surface area (Å²) in [4.78, 5) is 0. The Morgan fingerprint density at radius 3 is 2.38 bits per heavy atom. The van der Waals surface area contributed by atoms with Crippen molar-refractivity contribution in [2.75, 3.05) is 53.5 Å². The lowest BCUT2D eigenvalue weighted by molar-refractivity contribution is 0.172. The first-order valence-corrected chi connectivity index (χ1v) is 9.17. The van der Waals surface area contributed by atoms with Gasteiger partial charge in [0, 0.05) is 33.8 Å². The molecule has 0 heterocycles. The third-order valence-electron chi connectivity index (χ3n) is 3.09. The molecule has 0 amide bonds. The van der Waals surface area contributed by atoms with Crippen molar-refractivity contribution in [3.63, 3.8) is 0 Å². The highest BCUT2D eigenvalue weighted by molar-refractivity contribution is 7.86. The first kappa shape index (κ1) is 20.8. The fourth-order valence-electron chi connectivity index (χ4n) is 1.94. The number of hydrogen-bond acceptors (Lipinski definition) is 4. The van der Waals surface area contributed by atoms with Crippen LogP contribution < -0.4 is 5.32 Å². The molecule has 0 aliphatic heterocycles. The molecule has 128 valence electrons. The Morgan fingerprint density at radius 1 is 1.19 bits per heavy atom. The Kier molecular flexibility index (Phi) is 11.3. The van der Waals surface area contributed by atoms with E-state index in [9.17, 15) is 8.42 Å². The highest BCUT2D eigenvalue weighted by Gasteiger charge is 2.26. The van der Waals surface area contributed by atoms with Crippen LogP contribution >= 0.6 is 0 Å². The van der Waals surface area contributed by atoms with Crippen molar-refractivity contribution in [1.82, 2.24) is 13.9 Å². The molecule has 7 heteroatoms. The molecule has 0 fully saturated rings. The summed E-state index contributed by atoms with van der Waals surface area (Å²) in [5, 5.41) is 3.28. The standard InChI is InChI=1S/C14H33N3O3S/c1-6-8-15-9-7-10-16(4)21(18,19)17(11-12-20-5)13-14(2)3/h14-15H,6-13H2,1-5H3. The SMILES string of the molecule is CCCNCCCN(C)S(=O)(=O)N(CCOC)CC(C)C. The van der Waals surface area contributed by atoms with Gasteiger partial charge in [0.05, 0.1) is 6.61 Å². The second-order valence-electron chi connectivity index (χ2n) is 5.68. The largest absolute Gasteiger partial charge is 0.383 e. The molecule has 6 nitrogen and oxygen atoms in total. The van der Waals surface area contributed by atoms with Crippen LogP contribution in [0.25, 0.3) is 0 Å². The smallest absolute Gasteiger partial charge is 0.281 e. The Hall–Kier alpha value is -0.210. The van der Waals surface area contributed by atoms with Gasteiger partial charge in [-0.2, -0.15) is 17.0 Å². The zero-order chi connectivity index (χ0) is 16.3. The van der Waals surface area contributed by atoms with Crippen molar-refractivity contribution in [2.24, 2.45) is 5.92 Å². The maximum absolute atomic E-state index is 12.6. The number of nitrogens with one attached hydrogen (secondary N) is 1. The van der Waals surface area contributed by atoms with Gasteiger partial charge in [-0.15, -0.1) is 0 Å². The molecule has 21 heavy (non-hydrogen) atoms. The highest BCUT2D eigenvalue weighted by Crippen LogP contribution is 2.10. The van der Waals surface area contributed by atoms with Crippen LogP contribution in [0.4, 0.5) is 0 Å². The quantitative estimate of drug-likeness (QED) is 0.517. The van der Waals surface area contributed by atoms with Crippen LogP contribution in [-0.4, -0.2) is 70.5 Å². The molecule has 0 rings (SSSR count). The number of nitrogens with zero attached hydrogens (tertiary/aromatic N) is 2. The van der Waals surface area contributed by atoms with Gasteiger partial charge in [0.25, 0.3) is 10.2 Å². The van der Waals surface area contributed by atoms with Crippen LogP contribution in [0.3, 0.4) is 0 Å². The molecule has 0 unspecified atom stereocenters. The predicted octanol–water partition coefficient (Wildman–Crippen LogP) is 1.16. The minimum atomic E-state index is -3.40. The lowest BCUT2D eigenvalue weighted by atomic mass is 10.2. The summed E-state index contributed by atoms with van der Waals surface area (Å²) in [6.07, 6.45) is 1.91. The van der Waals surface area contributed by atoms with E-state index in [4.69, 9.17) is 4.74 Å². The topological polar surface area (TPSA) is 61.9 Å². The molecule has 0 atom stereocenters. The molecule has 0 saturated heterocycles. The van der Waals surface area contributed by atoms with E-state index in [2.05, 4.69) is 12.2 Å². The Morgan fingerprint density at radius 2 is 1.86 bits per heavy atom. The number of methoxy groups -OCH3 is 1. The van der Waals surface area contributed by atoms with Gasteiger partial charge >= 0.3 is 0 Å². The van der Waals surface area contributed by atoms with E-state index in [0.717, 1.165) is 25.9 Å². The molecular formula is C14H33N3O3S. The summed E-state index contributed by atoms with van der Waals surface area (Å²) in [5.41, 5.74) is 0. The van der Waals surface area contributed by atoms with Crippen molar-refractivity contribution in [2.45, 2.75) is 33.6 Å². The van der Waals surface area contributed by atoms with Crippen LogP contribution in [0.1, 0.15) is 33.6 Å². The fraction of sp³-hybridized carbons (Fsp3) is 1.00. The summed E-state index contributed by atoms with van der Waals surface area (Å²) >= 11 is 0. The van der Waals surface area contributed by atoms with Crippen molar-refractivity contribution in [1.29, 1.82) is 0 Å².